The minimum absolute atomic E-state index is 0.119. The zero-order chi connectivity index (χ0) is 15.9. The van der Waals surface area contributed by atoms with Gasteiger partial charge in [0.2, 0.25) is 5.91 Å². The van der Waals surface area contributed by atoms with Gasteiger partial charge in [-0.2, -0.15) is 0 Å². The highest BCUT2D eigenvalue weighted by Gasteiger charge is 2.21. The molecule has 0 aliphatic carbocycles. The molecule has 1 saturated heterocycles. The number of piperazine rings is 1. The molecule has 1 amide bonds. The van der Waals surface area contributed by atoms with Crippen LogP contribution in [0.3, 0.4) is 0 Å². The van der Waals surface area contributed by atoms with Crippen molar-refractivity contribution in [3.05, 3.63) is 34.9 Å². The Hall–Kier alpha value is -1.35. The van der Waals surface area contributed by atoms with E-state index in [1.807, 2.05) is 4.90 Å². The van der Waals surface area contributed by atoms with Crippen molar-refractivity contribution in [1.29, 1.82) is 0 Å². The number of benzene rings is 1. The summed E-state index contributed by atoms with van der Waals surface area (Å²) in [4.78, 5) is 14.5. The lowest BCUT2D eigenvalue weighted by molar-refractivity contribution is -0.135. The molecule has 122 valence electrons. The normalized spacial score (nSPS) is 16.6. The molecule has 0 aromatic heterocycles. The van der Waals surface area contributed by atoms with Gasteiger partial charge in [-0.3, -0.25) is 4.79 Å². The van der Waals surface area contributed by atoms with Crippen molar-refractivity contribution >= 4 is 5.91 Å². The Labute approximate surface area is 135 Å². The number of amides is 1. The zero-order valence-electron chi connectivity index (χ0n) is 14.3. The molecule has 1 fully saturated rings. The Morgan fingerprint density at radius 2 is 1.91 bits per heavy atom. The Balaban J connectivity index is 1.95. The quantitative estimate of drug-likeness (QED) is 0.876. The number of aryl methyl sites for hydroxylation is 3. The van der Waals surface area contributed by atoms with Gasteiger partial charge >= 0.3 is 0 Å². The van der Waals surface area contributed by atoms with Crippen molar-refractivity contribution in [2.45, 2.75) is 46.5 Å². The average Bonchev–Trinajstić information content (AvgIpc) is 2.59. The standard InChI is InChI=1S/C19H30N2O/c1-4-16-7-9-17(5-2)18(14-16)8-6-15(3)19(22)21-12-10-20-11-13-21/h7,9,14-15,20H,4-6,8,10-13H2,1-3H3. The van der Waals surface area contributed by atoms with Gasteiger partial charge in [0.25, 0.3) is 0 Å². The first-order valence-corrected chi connectivity index (χ1v) is 8.75. The van der Waals surface area contributed by atoms with E-state index in [1.54, 1.807) is 0 Å². The van der Waals surface area contributed by atoms with E-state index >= 15 is 0 Å². The SMILES string of the molecule is CCc1ccc(CC)c(CCC(C)C(=O)N2CCNCC2)c1. The van der Waals surface area contributed by atoms with Crippen molar-refractivity contribution in [3.63, 3.8) is 0 Å². The highest BCUT2D eigenvalue weighted by atomic mass is 16.2. The van der Waals surface area contributed by atoms with Gasteiger partial charge in [0.1, 0.15) is 0 Å². The van der Waals surface area contributed by atoms with Crippen LogP contribution in [-0.2, 0) is 24.1 Å². The van der Waals surface area contributed by atoms with Gasteiger partial charge in [-0.1, -0.05) is 39.0 Å². The van der Waals surface area contributed by atoms with Crippen LogP contribution in [0.4, 0.5) is 0 Å². The summed E-state index contributed by atoms with van der Waals surface area (Å²) in [5.74, 6) is 0.444. The summed E-state index contributed by atoms with van der Waals surface area (Å²) in [7, 11) is 0. The summed E-state index contributed by atoms with van der Waals surface area (Å²) in [5.41, 5.74) is 4.26. The van der Waals surface area contributed by atoms with Crippen LogP contribution in [-0.4, -0.2) is 37.0 Å². The molecular formula is C19H30N2O. The van der Waals surface area contributed by atoms with Crippen molar-refractivity contribution in [1.82, 2.24) is 10.2 Å². The van der Waals surface area contributed by atoms with Gasteiger partial charge in [0, 0.05) is 32.1 Å². The number of hydrogen-bond acceptors (Lipinski definition) is 2. The van der Waals surface area contributed by atoms with Crippen molar-refractivity contribution < 1.29 is 4.79 Å². The fourth-order valence-electron chi connectivity index (χ4n) is 3.17. The van der Waals surface area contributed by atoms with Gasteiger partial charge in [-0.25, -0.2) is 0 Å². The molecule has 3 heteroatoms. The van der Waals surface area contributed by atoms with E-state index in [-0.39, 0.29) is 5.92 Å². The third kappa shape index (κ3) is 4.33. The highest BCUT2D eigenvalue weighted by molar-refractivity contribution is 5.78. The number of hydrogen-bond donors (Lipinski definition) is 1. The maximum absolute atomic E-state index is 12.5. The zero-order valence-corrected chi connectivity index (χ0v) is 14.3. The molecule has 1 heterocycles. The fourth-order valence-corrected chi connectivity index (χ4v) is 3.17. The molecule has 0 radical (unpaired) electrons. The minimum atomic E-state index is 0.119. The molecule has 22 heavy (non-hydrogen) atoms. The summed E-state index contributed by atoms with van der Waals surface area (Å²) in [5, 5.41) is 3.30. The average molecular weight is 302 g/mol. The number of nitrogens with one attached hydrogen (secondary N) is 1. The van der Waals surface area contributed by atoms with Crippen LogP contribution < -0.4 is 5.32 Å². The smallest absolute Gasteiger partial charge is 0.225 e. The first-order chi connectivity index (χ1) is 10.7. The van der Waals surface area contributed by atoms with E-state index in [4.69, 9.17) is 0 Å². The van der Waals surface area contributed by atoms with Gasteiger partial charge in [0.05, 0.1) is 0 Å². The Morgan fingerprint density at radius 3 is 2.55 bits per heavy atom. The fraction of sp³-hybridized carbons (Fsp3) is 0.632. The van der Waals surface area contributed by atoms with Crippen LogP contribution in [0.25, 0.3) is 0 Å². The molecule has 1 aromatic carbocycles. The molecule has 1 aliphatic rings. The van der Waals surface area contributed by atoms with Crippen molar-refractivity contribution in [3.8, 4) is 0 Å². The van der Waals surface area contributed by atoms with Crippen LogP contribution in [0.1, 0.15) is 43.9 Å². The monoisotopic (exact) mass is 302 g/mol. The molecule has 3 nitrogen and oxygen atoms in total. The van der Waals surface area contributed by atoms with Gasteiger partial charge in [-0.05, 0) is 42.4 Å². The van der Waals surface area contributed by atoms with E-state index in [0.29, 0.717) is 5.91 Å². The lowest BCUT2D eigenvalue weighted by atomic mass is 9.93. The molecule has 1 N–H and O–H groups in total. The van der Waals surface area contributed by atoms with E-state index < -0.39 is 0 Å². The predicted molar refractivity (Wildman–Crippen MR) is 92.1 cm³/mol. The molecule has 1 aliphatic heterocycles. The molecule has 1 unspecified atom stereocenters. The molecule has 0 saturated carbocycles. The summed E-state index contributed by atoms with van der Waals surface area (Å²) < 4.78 is 0. The number of nitrogens with zero attached hydrogens (tertiary/aromatic N) is 1. The van der Waals surface area contributed by atoms with Gasteiger partial charge < -0.3 is 10.2 Å². The third-order valence-corrected chi connectivity index (χ3v) is 4.76. The van der Waals surface area contributed by atoms with E-state index in [9.17, 15) is 4.79 Å². The maximum Gasteiger partial charge on any atom is 0.225 e. The van der Waals surface area contributed by atoms with Crippen molar-refractivity contribution in [2.75, 3.05) is 26.2 Å². The molecule has 1 atom stereocenters. The molecular weight excluding hydrogens is 272 g/mol. The van der Waals surface area contributed by atoms with E-state index in [1.165, 1.54) is 16.7 Å². The second-order valence-electron chi connectivity index (χ2n) is 6.33. The second kappa shape index (κ2) is 8.33. The van der Waals surface area contributed by atoms with E-state index in [0.717, 1.165) is 51.9 Å². The van der Waals surface area contributed by atoms with Crippen LogP contribution in [0.15, 0.2) is 18.2 Å². The summed E-state index contributed by atoms with van der Waals surface area (Å²) >= 11 is 0. The van der Waals surface area contributed by atoms with E-state index in [2.05, 4.69) is 44.3 Å². The lowest BCUT2D eigenvalue weighted by Gasteiger charge is -2.30. The largest absolute Gasteiger partial charge is 0.340 e. The van der Waals surface area contributed by atoms with Gasteiger partial charge in [-0.15, -0.1) is 0 Å². The second-order valence-corrected chi connectivity index (χ2v) is 6.33. The topological polar surface area (TPSA) is 32.3 Å². The summed E-state index contributed by atoms with van der Waals surface area (Å²) in [6, 6.07) is 6.83. The molecule has 0 bridgehead atoms. The van der Waals surface area contributed by atoms with Crippen molar-refractivity contribution in [2.24, 2.45) is 5.92 Å². The lowest BCUT2D eigenvalue weighted by Crippen LogP contribution is -2.48. The maximum atomic E-state index is 12.5. The van der Waals surface area contributed by atoms with Crippen LogP contribution in [0.2, 0.25) is 0 Å². The van der Waals surface area contributed by atoms with Crippen LogP contribution in [0, 0.1) is 5.92 Å². The first-order valence-electron chi connectivity index (χ1n) is 8.75. The first kappa shape index (κ1) is 17.0. The molecule has 2 rings (SSSR count). The molecule has 1 aromatic rings. The summed E-state index contributed by atoms with van der Waals surface area (Å²) in [6.07, 6.45) is 4.10. The van der Waals surface area contributed by atoms with Gasteiger partial charge in [0.15, 0.2) is 0 Å². The predicted octanol–water partition coefficient (Wildman–Crippen LogP) is 2.81. The Kier molecular flexibility index (Phi) is 6.44. The summed E-state index contributed by atoms with van der Waals surface area (Å²) in [6.45, 7) is 10.1. The van der Waals surface area contributed by atoms with Crippen LogP contribution in [0.5, 0.6) is 0 Å². The van der Waals surface area contributed by atoms with Crippen LogP contribution >= 0.6 is 0 Å². The number of carbonyl (C=O) groups excluding carboxylic acids is 1. The number of carbonyl (C=O) groups is 1. The Bertz CT molecular complexity index is 492. The molecule has 0 spiro atoms. The third-order valence-electron chi connectivity index (χ3n) is 4.76. The minimum Gasteiger partial charge on any atom is -0.340 e. The highest BCUT2D eigenvalue weighted by Crippen LogP contribution is 2.19. The number of rotatable bonds is 6. The Morgan fingerprint density at radius 1 is 1.18 bits per heavy atom.